The lowest BCUT2D eigenvalue weighted by Crippen LogP contribution is -2.53. The van der Waals surface area contributed by atoms with Crippen molar-refractivity contribution in [3.63, 3.8) is 0 Å². The lowest BCUT2D eigenvalue weighted by Gasteiger charge is -2.36. The predicted octanol–water partition coefficient (Wildman–Crippen LogP) is 0.691. The van der Waals surface area contributed by atoms with Crippen LogP contribution in [0.15, 0.2) is 53.4 Å². The molecule has 2 aromatic carbocycles. The number of hydrogen-bond donors (Lipinski definition) is 0. The lowest BCUT2D eigenvalue weighted by molar-refractivity contribution is -0.310. The Hall–Kier alpha value is -2.25. The van der Waals surface area contributed by atoms with Crippen molar-refractivity contribution in [2.45, 2.75) is 23.9 Å². The van der Waals surface area contributed by atoms with Gasteiger partial charge in [0.1, 0.15) is 5.82 Å². The molecule has 1 atom stereocenters. The van der Waals surface area contributed by atoms with Crippen molar-refractivity contribution < 1.29 is 22.7 Å². The number of carbonyl (C=O) groups is 1. The predicted molar refractivity (Wildman–Crippen MR) is 78.1 cm³/mol. The topological polar surface area (TPSA) is 77.5 Å². The molecule has 0 aliphatic carbocycles. The molecule has 2 aromatic rings. The van der Waals surface area contributed by atoms with Crippen LogP contribution in [0.25, 0.3) is 0 Å². The highest BCUT2D eigenvalue weighted by Crippen LogP contribution is 2.28. The first-order valence-corrected chi connectivity index (χ1v) is 8.38. The summed E-state index contributed by atoms with van der Waals surface area (Å²) in [6.07, 6.45) is 0.0406. The van der Waals surface area contributed by atoms with E-state index in [4.69, 9.17) is 0 Å². The van der Waals surface area contributed by atoms with Crippen LogP contribution in [0.2, 0.25) is 0 Å². The van der Waals surface area contributed by atoms with Gasteiger partial charge in [-0.25, -0.2) is 12.8 Å². The molecule has 0 saturated heterocycles. The van der Waals surface area contributed by atoms with Gasteiger partial charge in [0.05, 0.1) is 16.9 Å². The van der Waals surface area contributed by atoms with Crippen molar-refractivity contribution in [1.82, 2.24) is 4.31 Å². The molecule has 120 valence electrons. The second-order valence-corrected chi connectivity index (χ2v) is 7.20. The van der Waals surface area contributed by atoms with E-state index in [1.54, 1.807) is 24.3 Å². The molecule has 0 radical (unpaired) electrons. The standard InChI is InChI=1S/C16H14FNO4S/c17-13-5-7-14(8-6-13)23(21,22)18-10-12-4-2-1-3-11(12)9-15(18)16(19)20/h1-8,15H,9-10H2,(H,19,20)/p-1/t15-/m0/s1. The summed E-state index contributed by atoms with van der Waals surface area (Å²) < 4.78 is 39.4. The van der Waals surface area contributed by atoms with Gasteiger partial charge in [0.25, 0.3) is 0 Å². The average Bonchev–Trinajstić information content (AvgIpc) is 2.54. The van der Waals surface area contributed by atoms with Crippen molar-refractivity contribution in [1.29, 1.82) is 0 Å². The van der Waals surface area contributed by atoms with Crippen LogP contribution in [0.3, 0.4) is 0 Å². The first-order chi connectivity index (χ1) is 10.9. The molecule has 5 nitrogen and oxygen atoms in total. The zero-order valence-electron chi connectivity index (χ0n) is 12.0. The van der Waals surface area contributed by atoms with E-state index in [0.29, 0.717) is 0 Å². The number of sulfonamides is 1. The molecular formula is C16H13FNO4S-. The number of hydrogen-bond acceptors (Lipinski definition) is 4. The van der Waals surface area contributed by atoms with E-state index in [-0.39, 0.29) is 17.9 Å². The van der Waals surface area contributed by atoms with E-state index in [1.165, 1.54) is 0 Å². The molecule has 0 saturated carbocycles. The van der Waals surface area contributed by atoms with Gasteiger partial charge in [-0.2, -0.15) is 4.31 Å². The fourth-order valence-electron chi connectivity index (χ4n) is 2.69. The Balaban J connectivity index is 2.05. The number of benzene rings is 2. The van der Waals surface area contributed by atoms with E-state index in [2.05, 4.69) is 0 Å². The van der Waals surface area contributed by atoms with Gasteiger partial charge in [-0.05, 0) is 41.8 Å². The van der Waals surface area contributed by atoms with E-state index in [1.807, 2.05) is 0 Å². The van der Waals surface area contributed by atoms with Crippen molar-refractivity contribution in [3.05, 3.63) is 65.5 Å². The van der Waals surface area contributed by atoms with Crippen LogP contribution in [0.1, 0.15) is 11.1 Å². The molecule has 7 heteroatoms. The maximum absolute atomic E-state index is 13.0. The molecule has 0 aromatic heterocycles. The minimum Gasteiger partial charge on any atom is -0.548 e. The van der Waals surface area contributed by atoms with Crippen LogP contribution in [-0.4, -0.2) is 24.7 Å². The van der Waals surface area contributed by atoms with Crippen LogP contribution in [0.4, 0.5) is 4.39 Å². The highest BCUT2D eigenvalue weighted by molar-refractivity contribution is 7.89. The van der Waals surface area contributed by atoms with Gasteiger partial charge >= 0.3 is 0 Å². The third kappa shape index (κ3) is 2.85. The van der Waals surface area contributed by atoms with Crippen molar-refractivity contribution >= 4 is 16.0 Å². The number of nitrogens with zero attached hydrogens (tertiary/aromatic N) is 1. The molecule has 1 aliphatic rings. The number of rotatable bonds is 3. The maximum atomic E-state index is 13.0. The average molecular weight is 334 g/mol. The van der Waals surface area contributed by atoms with Crippen LogP contribution in [0, 0.1) is 5.82 Å². The SMILES string of the molecule is O=C([O-])[C@@H]1Cc2ccccc2CN1S(=O)(=O)c1ccc(F)cc1. The smallest absolute Gasteiger partial charge is 0.243 e. The van der Waals surface area contributed by atoms with Gasteiger partial charge in [-0.1, -0.05) is 24.3 Å². The maximum Gasteiger partial charge on any atom is 0.243 e. The molecule has 1 aliphatic heterocycles. The Morgan fingerprint density at radius 1 is 1.09 bits per heavy atom. The molecular weight excluding hydrogens is 321 g/mol. The largest absolute Gasteiger partial charge is 0.548 e. The van der Waals surface area contributed by atoms with E-state index in [9.17, 15) is 22.7 Å². The Morgan fingerprint density at radius 3 is 2.30 bits per heavy atom. The van der Waals surface area contributed by atoms with Crippen LogP contribution in [0.5, 0.6) is 0 Å². The molecule has 0 unspecified atom stereocenters. The third-order valence-electron chi connectivity index (χ3n) is 3.90. The van der Waals surface area contributed by atoms with E-state index >= 15 is 0 Å². The zero-order chi connectivity index (χ0) is 16.6. The van der Waals surface area contributed by atoms with E-state index in [0.717, 1.165) is 39.7 Å². The summed E-state index contributed by atoms with van der Waals surface area (Å²) in [5, 5.41) is 11.4. The third-order valence-corrected chi connectivity index (χ3v) is 5.77. The minimum atomic E-state index is -4.07. The first kappa shape index (κ1) is 15.6. The van der Waals surface area contributed by atoms with Crippen LogP contribution in [-0.2, 0) is 27.8 Å². The Kier molecular flexibility index (Phi) is 3.91. The molecule has 0 spiro atoms. The Morgan fingerprint density at radius 2 is 1.70 bits per heavy atom. The van der Waals surface area contributed by atoms with Gasteiger partial charge < -0.3 is 9.90 Å². The van der Waals surface area contributed by atoms with Crippen molar-refractivity contribution in [2.75, 3.05) is 0 Å². The second kappa shape index (κ2) is 5.75. The number of carboxylic acids is 1. The zero-order valence-corrected chi connectivity index (χ0v) is 12.8. The summed E-state index contributed by atoms with van der Waals surface area (Å²) in [6, 6.07) is 10.1. The minimum absolute atomic E-state index is 0.0406. The quantitative estimate of drug-likeness (QED) is 0.827. The van der Waals surface area contributed by atoms with Crippen LogP contribution >= 0.6 is 0 Å². The molecule has 0 bridgehead atoms. The molecule has 0 N–H and O–H groups in total. The summed E-state index contributed by atoms with van der Waals surface area (Å²) >= 11 is 0. The number of halogens is 1. The molecule has 1 heterocycles. The van der Waals surface area contributed by atoms with Crippen molar-refractivity contribution in [2.24, 2.45) is 0 Å². The number of carboxylic acid groups (broad SMARTS) is 1. The van der Waals surface area contributed by atoms with Gasteiger partial charge in [0, 0.05) is 6.54 Å². The highest BCUT2D eigenvalue weighted by atomic mass is 32.2. The Labute approximate surface area is 133 Å². The molecule has 3 rings (SSSR count). The summed E-state index contributed by atoms with van der Waals surface area (Å²) in [5.74, 6) is -2.02. The summed E-state index contributed by atoms with van der Waals surface area (Å²) in [6.45, 7) is -0.0610. The number of aliphatic carboxylic acids is 1. The normalized spacial score (nSPS) is 18.4. The number of carbonyl (C=O) groups excluding carboxylic acids is 1. The molecule has 23 heavy (non-hydrogen) atoms. The monoisotopic (exact) mass is 334 g/mol. The number of fused-ring (bicyclic) bond motifs is 1. The van der Waals surface area contributed by atoms with Gasteiger partial charge in [-0.3, -0.25) is 0 Å². The first-order valence-electron chi connectivity index (χ1n) is 6.94. The van der Waals surface area contributed by atoms with Gasteiger partial charge in [-0.15, -0.1) is 0 Å². The van der Waals surface area contributed by atoms with Gasteiger partial charge in [0.15, 0.2) is 0 Å². The summed E-state index contributed by atoms with van der Waals surface area (Å²) in [7, 11) is -4.07. The van der Waals surface area contributed by atoms with Crippen LogP contribution < -0.4 is 5.11 Å². The molecule has 0 fully saturated rings. The second-order valence-electron chi connectivity index (χ2n) is 5.31. The summed E-state index contributed by atoms with van der Waals surface area (Å²) in [5.41, 5.74) is 1.53. The molecule has 0 amide bonds. The lowest BCUT2D eigenvalue weighted by atomic mass is 9.96. The fourth-order valence-corrected chi connectivity index (χ4v) is 4.25. The van der Waals surface area contributed by atoms with Gasteiger partial charge in [0.2, 0.25) is 10.0 Å². The highest BCUT2D eigenvalue weighted by Gasteiger charge is 2.36. The summed E-state index contributed by atoms with van der Waals surface area (Å²) in [4.78, 5) is 11.3. The Bertz CT molecular complexity index is 849. The fraction of sp³-hybridized carbons (Fsp3) is 0.188. The van der Waals surface area contributed by atoms with E-state index < -0.39 is 27.9 Å². The van der Waals surface area contributed by atoms with Crippen molar-refractivity contribution in [3.8, 4) is 0 Å².